The summed E-state index contributed by atoms with van der Waals surface area (Å²) in [5, 5.41) is 11.4. The van der Waals surface area contributed by atoms with Crippen molar-refractivity contribution in [2.45, 2.75) is 0 Å². The summed E-state index contributed by atoms with van der Waals surface area (Å²) in [4.78, 5) is 0. The number of aliphatic hydroxyl groups excluding tert-OH is 1. The van der Waals surface area contributed by atoms with E-state index >= 15 is 0 Å². The summed E-state index contributed by atoms with van der Waals surface area (Å²) < 4.78 is 5.83. The van der Waals surface area contributed by atoms with Gasteiger partial charge in [0.05, 0.1) is 0 Å². The van der Waals surface area contributed by atoms with Crippen LogP contribution in [-0.2, 0) is 0 Å². The van der Waals surface area contributed by atoms with E-state index in [4.69, 9.17) is 4.42 Å². The van der Waals surface area contributed by atoms with Crippen LogP contribution in [0.25, 0.3) is 33.8 Å². The van der Waals surface area contributed by atoms with E-state index in [1.807, 2.05) is 30.3 Å². The monoisotopic (exact) mass is 236 g/mol. The number of para-hydroxylation sites is 1. The highest BCUT2D eigenvalue weighted by atomic mass is 16.3. The molecule has 0 aliphatic carbocycles. The van der Waals surface area contributed by atoms with Gasteiger partial charge in [-0.15, -0.1) is 0 Å². The molecule has 2 aromatic carbocycles. The Morgan fingerprint density at radius 1 is 1.17 bits per heavy atom. The Kier molecular flexibility index (Phi) is 2.23. The molecule has 0 saturated carbocycles. The van der Waals surface area contributed by atoms with Crippen molar-refractivity contribution in [3.63, 3.8) is 0 Å². The first-order valence-electron chi connectivity index (χ1n) is 5.66. The van der Waals surface area contributed by atoms with E-state index < -0.39 is 0 Å². The van der Waals surface area contributed by atoms with Crippen molar-refractivity contribution in [3.8, 4) is 0 Å². The highest BCUT2D eigenvalue weighted by Crippen LogP contribution is 2.32. The zero-order chi connectivity index (χ0) is 12.7. The molecule has 0 aliphatic heterocycles. The van der Waals surface area contributed by atoms with Gasteiger partial charge in [-0.1, -0.05) is 37.4 Å². The largest absolute Gasteiger partial charge is 0.508 e. The Bertz CT molecular complexity index is 778. The molecule has 18 heavy (non-hydrogen) atoms. The number of furan rings is 1. The summed E-state index contributed by atoms with van der Waals surface area (Å²) in [6.07, 6.45) is 1.77. The minimum Gasteiger partial charge on any atom is -0.508 e. The molecule has 2 nitrogen and oxygen atoms in total. The molecule has 0 radical (unpaired) electrons. The van der Waals surface area contributed by atoms with Crippen LogP contribution in [0, 0.1) is 0 Å². The van der Waals surface area contributed by atoms with E-state index in [1.165, 1.54) is 0 Å². The zero-order valence-corrected chi connectivity index (χ0v) is 9.81. The molecule has 0 amide bonds. The second kappa shape index (κ2) is 3.77. The average molecular weight is 236 g/mol. The summed E-state index contributed by atoms with van der Waals surface area (Å²) in [6, 6.07) is 11.5. The highest BCUT2D eigenvalue weighted by molar-refractivity contribution is 6.07. The lowest BCUT2D eigenvalue weighted by Gasteiger charge is -1.97. The number of hydrogen-bond acceptors (Lipinski definition) is 2. The van der Waals surface area contributed by atoms with Crippen LogP contribution in [0.5, 0.6) is 0 Å². The van der Waals surface area contributed by atoms with Crippen molar-refractivity contribution in [2.24, 2.45) is 0 Å². The minimum atomic E-state index is 0.0612. The van der Waals surface area contributed by atoms with Crippen LogP contribution >= 0.6 is 0 Å². The van der Waals surface area contributed by atoms with Gasteiger partial charge in [0, 0.05) is 21.9 Å². The maximum atomic E-state index is 9.45. The van der Waals surface area contributed by atoms with Crippen molar-refractivity contribution in [1.82, 2.24) is 0 Å². The van der Waals surface area contributed by atoms with E-state index in [1.54, 1.807) is 12.1 Å². The van der Waals surface area contributed by atoms with Gasteiger partial charge in [0.25, 0.3) is 0 Å². The molecule has 0 unspecified atom stereocenters. The number of benzene rings is 2. The van der Waals surface area contributed by atoms with Gasteiger partial charge in [0.15, 0.2) is 0 Å². The van der Waals surface area contributed by atoms with Gasteiger partial charge < -0.3 is 9.52 Å². The minimum absolute atomic E-state index is 0.0612. The number of fused-ring (bicyclic) bond motifs is 3. The lowest BCUT2D eigenvalue weighted by molar-refractivity contribution is 0.514. The second-order valence-corrected chi connectivity index (χ2v) is 4.19. The van der Waals surface area contributed by atoms with Crippen molar-refractivity contribution >= 4 is 33.8 Å². The Morgan fingerprint density at radius 3 is 2.72 bits per heavy atom. The molecule has 0 aliphatic rings. The maximum Gasteiger partial charge on any atom is 0.142 e. The Balaban J connectivity index is 2.45. The third-order valence-corrected chi connectivity index (χ3v) is 3.08. The zero-order valence-electron chi connectivity index (χ0n) is 9.81. The first kappa shape index (κ1) is 10.7. The molecule has 3 rings (SSSR count). The van der Waals surface area contributed by atoms with Crippen LogP contribution in [0.4, 0.5) is 0 Å². The number of hydrogen-bond donors (Lipinski definition) is 1. The summed E-state index contributed by atoms with van der Waals surface area (Å²) >= 11 is 0. The Labute approximate surface area is 104 Å². The predicted octanol–water partition coefficient (Wildman–Crippen LogP) is 4.76. The van der Waals surface area contributed by atoms with Gasteiger partial charge in [-0.3, -0.25) is 0 Å². The van der Waals surface area contributed by atoms with Gasteiger partial charge in [-0.25, -0.2) is 0 Å². The van der Waals surface area contributed by atoms with Gasteiger partial charge in [0.1, 0.15) is 16.9 Å². The van der Waals surface area contributed by atoms with Crippen LogP contribution < -0.4 is 0 Å². The summed E-state index contributed by atoms with van der Waals surface area (Å²) in [5.41, 5.74) is 3.29. The summed E-state index contributed by atoms with van der Waals surface area (Å²) in [7, 11) is 0. The first-order valence-corrected chi connectivity index (χ1v) is 5.66. The smallest absolute Gasteiger partial charge is 0.142 e. The van der Waals surface area contributed by atoms with Gasteiger partial charge in [-0.2, -0.15) is 0 Å². The van der Waals surface area contributed by atoms with Crippen LogP contribution in [0.1, 0.15) is 11.1 Å². The van der Waals surface area contributed by atoms with E-state index in [0.29, 0.717) is 5.56 Å². The third-order valence-electron chi connectivity index (χ3n) is 3.08. The number of rotatable bonds is 2. The topological polar surface area (TPSA) is 33.4 Å². The molecule has 3 aromatic rings. The van der Waals surface area contributed by atoms with Crippen molar-refractivity contribution in [3.05, 3.63) is 60.7 Å². The lowest BCUT2D eigenvalue weighted by Crippen LogP contribution is -1.79. The van der Waals surface area contributed by atoms with Crippen molar-refractivity contribution in [2.75, 3.05) is 0 Å². The Hall–Kier alpha value is -2.48. The summed E-state index contributed by atoms with van der Waals surface area (Å²) in [5.74, 6) is 0.0612. The van der Waals surface area contributed by atoms with E-state index in [-0.39, 0.29) is 5.76 Å². The Morgan fingerprint density at radius 2 is 2.00 bits per heavy atom. The summed E-state index contributed by atoms with van der Waals surface area (Å²) in [6.45, 7) is 7.32. The normalized spacial score (nSPS) is 10.9. The number of aliphatic hydroxyl groups is 1. The molecular formula is C16H12O2. The predicted molar refractivity (Wildman–Crippen MR) is 75.5 cm³/mol. The molecule has 0 spiro atoms. The average Bonchev–Trinajstić information content (AvgIpc) is 2.76. The fourth-order valence-electron chi connectivity index (χ4n) is 2.16. The molecule has 2 heteroatoms. The molecule has 1 aromatic heterocycles. The highest BCUT2D eigenvalue weighted by Gasteiger charge is 2.10. The fraction of sp³-hybridized carbons (Fsp3) is 0. The fourth-order valence-corrected chi connectivity index (χ4v) is 2.16. The molecule has 0 atom stereocenters. The standard InChI is InChI=1S/C16H12O2/c1-3-11-5-4-6-13-14-9-12(10(2)17)7-8-15(14)18-16(11)13/h3-9,17H,1-2H2. The molecule has 0 fully saturated rings. The van der Waals surface area contributed by atoms with Crippen molar-refractivity contribution < 1.29 is 9.52 Å². The van der Waals surface area contributed by atoms with E-state index in [9.17, 15) is 5.11 Å². The molecule has 1 heterocycles. The van der Waals surface area contributed by atoms with Crippen LogP contribution in [0.2, 0.25) is 0 Å². The SMILES string of the molecule is C=Cc1cccc2c1oc1ccc(C(=C)O)cc12. The molecule has 0 bridgehead atoms. The molecule has 88 valence electrons. The third kappa shape index (κ3) is 1.43. The van der Waals surface area contributed by atoms with E-state index in [0.717, 1.165) is 27.5 Å². The second-order valence-electron chi connectivity index (χ2n) is 4.19. The van der Waals surface area contributed by atoms with Gasteiger partial charge in [0.2, 0.25) is 0 Å². The van der Waals surface area contributed by atoms with Gasteiger partial charge in [-0.05, 0) is 18.2 Å². The maximum absolute atomic E-state index is 9.45. The quantitative estimate of drug-likeness (QED) is 0.651. The molecular weight excluding hydrogens is 224 g/mol. The van der Waals surface area contributed by atoms with E-state index in [2.05, 4.69) is 13.2 Å². The molecule has 1 N–H and O–H groups in total. The first-order chi connectivity index (χ1) is 8.70. The van der Waals surface area contributed by atoms with Crippen LogP contribution in [-0.4, -0.2) is 5.11 Å². The van der Waals surface area contributed by atoms with Crippen molar-refractivity contribution in [1.29, 1.82) is 0 Å². The van der Waals surface area contributed by atoms with Gasteiger partial charge >= 0.3 is 0 Å². The van der Waals surface area contributed by atoms with Crippen LogP contribution in [0.15, 0.2) is 54.0 Å². The van der Waals surface area contributed by atoms with Crippen LogP contribution in [0.3, 0.4) is 0 Å². The molecule has 0 saturated heterocycles. The lowest BCUT2D eigenvalue weighted by atomic mass is 10.1.